The number of nitrogens with one attached hydrogen (secondary N) is 1. The average molecular weight is 149 g/mol. The van der Waals surface area contributed by atoms with Crippen LogP contribution in [-0.4, -0.2) is 7.05 Å². The van der Waals surface area contributed by atoms with Crippen molar-refractivity contribution >= 4 is 0 Å². The van der Waals surface area contributed by atoms with E-state index in [1.54, 1.807) is 0 Å². The Morgan fingerprint density at radius 2 is 2.27 bits per heavy atom. The number of benzene rings is 1. The van der Waals surface area contributed by atoms with Crippen LogP contribution in [0.5, 0.6) is 0 Å². The van der Waals surface area contributed by atoms with Crippen molar-refractivity contribution in [1.82, 2.24) is 5.32 Å². The first-order chi connectivity index (χ1) is 5.42. The van der Waals surface area contributed by atoms with Gasteiger partial charge in [-0.25, -0.2) is 0 Å². The van der Waals surface area contributed by atoms with Crippen LogP contribution < -0.4 is 5.32 Å². The van der Waals surface area contributed by atoms with Crippen molar-refractivity contribution in [3.63, 3.8) is 0 Å². The summed E-state index contributed by atoms with van der Waals surface area (Å²) in [5.74, 6) is 0. The highest BCUT2D eigenvalue weighted by molar-refractivity contribution is 5.30. The molecule has 0 aromatic heterocycles. The molecule has 1 aliphatic rings. The minimum Gasteiger partial charge on any atom is -0.354 e. The fraction of sp³-hybridized carbons (Fsp3) is 0.333. The molecule has 0 radical (unpaired) electrons. The quantitative estimate of drug-likeness (QED) is 0.652. The standard InChI is InChI=1S/C9H11NO/c1-10-9-8-5-3-2-4-7(8)6-11-9/h2-5,9-10H,6H2,1H3. The van der Waals surface area contributed by atoms with Crippen molar-refractivity contribution in [3.05, 3.63) is 35.4 Å². The summed E-state index contributed by atoms with van der Waals surface area (Å²) in [6.45, 7) is 0.738. The lowest BCUT2D eigenvalue weighted by atomic mass is 10.1. The summed E-state index contributed by atoms with van der Waals surface area (Å²) < 4.78 is 5.46. The van der Waals surface area contributed by atoms with Crippen molar-refractivity contribution in [2.75, 3.05) is 7.05 Å². The first-order valence-corrected chi connectivity index (χ1v) is 3.78. The van der Waals surface area contributed by atoms with E-state index in [1.807, 2.05) is 19.2 Å². The number of rotatable bonds is 1. The zero-order chi connectivity index (χ0) is 7.68. The first-order valence-electron chi connectivity index (χ1n) is 3.78. The normalized spacial score (nSPS) is 21.7. The molecule has 1 aliphatic heterocycles. The minimum absolute atomic E-state index is 0.103. The molecule has 0 bridgehead atoms. The van der Waals surface area contributed by atoms with E-state index >= 15 is 0 Å². The summed E-state index contributed by atoms with van der Waals surface area (Å²) in [5, 5.41) is 3.10. The zero-order valence-electron chi connectivity index (χ0n) is 6.50. The summed E-state index contributed by atoms with van der Waals surface area (Å²) in [7, 11) is 1.91. The Morgan fingerprint density at radius 3 is 3.09 bits per heavy atom. The van der Waals surface area contributed by atoms with Gasteiger partial charge in [-0.05, 0) is 12.6 Å². The Labute approximate surface area is 66.2 Å². The monoisotopic (exact) mass is 149 g/mol. The Balaban J connectivity index is 2.39. The van der Waals surface area contributed by atoms with Crippen LogP contribution in [0, 0.1) is 0 Å². The summed E-state index contributed by atoms with van der Waals surface area (Å²) in [4.78, 5) is 0. The van der Waals surface area contributed by atoms with Crippen molar-refractivity contribution in [1.29, 1.82) is 0 Å². The van der Waals surface area contributed by atoms with Gasteiger partial charge in [-0.3, -0.25) is 5.32 Å². The maximum Gasteiger partial charge on any atom is 0.134 e. The van der Waals surface area contributed by atoms with Gasteiger partial charge in [0.2, 0.25) is 0 Å². The van der Waals surface area contributed by atoms with Gasteiger partial charge >= 0.3 is 0 Å². The molecule has 1 N–H and O–H groups in total. The highest BCUT2D eigenvalue weighted by atomic mass is 16.5. The third-order valence-electron chi connectivity index (χ3n) is 2.01. The number of ether oxygens (including phenoxy) is 1. The van der Waals surface area contributed by atoms with Crippen molar-refractivity contribution in [2.45, 2.75) is 12.8 Å². The lowest BCUT2D eigenvalue weighted by molar-refractivity contribution is 0.0474. The predicted octanol–water partition coefficient (Wildman–Crippen LogP) is 1.43. The molecule has 0 saturated heterocycles. The van der Waals surface area contributed by atoms with Crippen LogP contribution in [0.4, 0.5) is 0 Å². The van der Waals surface area contributed by atoms with Crippen molar-refractivity contribution in [2.24, 2.45) is 0 Å². The lowest BCUT2D eigenvalue weighted by Crippen LogP contribution is -2.14. The molecule has 0 fully saturated rings. The van der Waals surface area contributed by atoms with E-state index in [9.17, 15) is 0 Å². The molecule has 58 valence electrons. The molecule has 1 aromatic rings. The van der Waals surface area contributed by atoms with Gasteiger partial charge in [-0.1, -0.05) is 24.3 Å². The van der Waals surface area contributed by atoms with Gasteiger partial charge in [0, 0.05) is 5.56 Å². The molecule has 1 heterocycles. The van der Waals surface area contributed by atoms with E-state index in [0.29, 0.717) is 0 Å². The van der Waals surface area contributed by atoms with E-state index in [0.717, 1.165) is 6.61 Å². The maximum atomic E-state index is 5.46. The van der Waals surface area contributed by atoms with E-state index in [-0.39, 0.29) is 6.23 Å². The third-order valence-corrected chi connectivity index (χ3v) is 2.01. The van der Waals surface area contributed by atoms with Crippen molar-refractivity contribution in [3.8, 4) is 0 Å². The molecule has 0 aliphatic carbocycles. The SMILES string of the molecule is CNC1OCc2ccccc21. The average Bonchev–Trinajstić information content (AvgIpc) is 2.47. The minimum atomic E-state index is 0.103. The largest absolute Gasteiger partial charge is 0.354 e. The molecule has 0 saturated carbocycles. The van der Waals surface area contributed by atoms with E-state index < -0.39 is 0 Å². The summed E-state index contributed by atoms with van der Waals surface area (Å²) in [6.07, 6.45) is 0.103. The molecule has 0 amide bonds. The zero-order valence-corrected chi connectivity index (χ0v) is 6.50. The molecular weight excluding hydrogens is 138 g/mol. The summed E-state index contributed by atoms with van der Waals surface area (Å²) in [6, 6.07) is 8.29. The highest BCUT2D eigenvalue weighted by Crippen LogP contribution is 2.27. The molecule has 1 unspecified atom stereocenters. The van der Waals surface area contributed by atoms with E-state index in [1.165, 1.54) is 11.1 Å². The van der Waals surface area contributed by atoms with Gasteiger partial charge in [0.05, 0.1) is 6.61 Å². The molecule has 2 heteroatoms. The number of hydrogen-bond acceptors (Lipinski definition) is 2. The predicted molar refractivity (Wildman–Crippen MR) is 43.0 cm³/mol. The smallest absolute Gasteiger partial charge is 0.134 e. The van der Waals surface area contributed by atoms with Crippen LogP contribution >= 0.6 is 0 Å². The van der Waals surface area contributed by atoms with Crippen LogP contribution in [0.15, 0.2) is 24.3 Å². The molecule has 2 rings (SSSR count). The summed E-state index contributed by atoms with van der Waals surface area (Å²) >= 11 is 0. The van der Waals surface area contributed by atoms with Crippen molar-refractivity contribution < 1.29 is 4.74 Å². The fourth-order valence-corrected chi connectivity index (χ4v) is 1.42. The molecule has 11 heavy (non-hydrogen) atoms. The van der Waals surface area contributed by atoms with Gasteiger partial charge in [0.15, 0.2) is 0 Å². The molecule has 1 aromatic carbocycles. The van der Waals surface area contributed by atoms with Gasteiger partial charge < -0.3 is 4.74 Å². The molecule has 2 nitrogen and oxygen atoms in total. The second kappa shape index (κ2) is 2.64. The van der Waals surface area contributed by atoms with Gasteiger partial charge in [-0.15, -0.1) is 0 Å². The van der Waals surface area contributed by atoms with Crippen LogP contribution in [0.1, 0.15) is 17.4 Å². The molecule has 0 spiro atoms. The fourth-order valence-electron chi connectivity index (χ4n) is 1.42. The van der Waals surface area contributed by atoms with Crippen LogP contribution in [0.3, 0.4) is 0 Å². The first kappa shape index (κ1) is 6.83. The Morgan fingerprint density at radius 1 is 1.45 bits per heavy atom. The Bertz CT molecular complexity index is 259. The molecular formula is C9H11NO. The van der Waals surface area contributed by atoms with Crippen LogP contribution in [0.2, 0.25) is 0 Å². The Hall–Kier alpha value is -0.860. The number of fused-ring (bicyclic) bond motifs is 1. The number of hydrogen-bond donors (Lipinski definition) is 1. The van der Waals surface area contributed by atoms with E-state index in [2.05, 4.69) is 17.4 Å². The van der Waals surface area contributed by atoms with E-state index in [4.69, 9.17) is 4.74 Å². The highest BCUT2D eigenvalue weighted by Gasteiger charge is 2.19. The third kappa shape index (κ3) is 1.04. The summed E-state index contributed by atoms with van der Waals surface area (Å²) in [5.41, 5.74) is 2.57. The van der Waals surface area contributed by atoms with Gasteiger partial charge in [0.1, 0.15) is 6.23 Å². The van der Waals surface area contributed by atoms with Crippen LogP contribution in [-0.2, 0) is 11.3 Å². The topological polar surface area (TPSA) is 21.3 Å². The van der Waals surface area contributed by atoms with Crippen LogP contribution in [0.25, 0.3) is 0 Å². The molecule has 1 atom stereocenters. The maximum absolute atomic E-state index is 5.46. The van der Waals surface area contributed by atoms with Gasteiger partial charge in [-0.2, -0.15) is 0 Å². The Kier molecular flexibility index (Phi) is 1.64. The second-order valence-electron chi connectivity index (χ2n) is 2.68. The van der Waals surface area contributed by atoms with Gasteiger partial charge in [0.25, 0.3) is 0 Å². The second-order valence-corrected chi connectivity index (χ2v) is 2.68. The lowest BCUT2D eigenvalue weighted by Gasteiger charge is -2.07.